The second-order valence-corrected chi connectivity index (χ2v) is 14.0. The number of amidine groups is 2. The van der Waals surface area contributed by atoms with Gasteiger partial charge >= 0.3 is 0 Å². The van der Waals surface area contributed by atoms with Gasteiger partial charge in [-0.25, -0.2) is 4.99 Å². The van der Waals surface area contributed by atoms with Gasteiger partial charge in [0.1, 0.15) is 5.84 Å². The summed E-state index contributed by atoms with van der Waals surface area (Å²) in [5.41, 5.74) is 20.9. The number of benzene rings is 8. The largest absolute Gasteiger partial charge is 0.383 e. The molecule has 0 atom stereocenters. The molecule has 0 aliphatic carbocycles. The normalized spacial score (nSPS) is 12.6. The highest BCUT2D eigenvalue weighted by molar-refractivity contribution is 6.15. The Kier molecular flexibility index (Phi) is 8.30. The first kappa shape index (κ1) is 33.1. The maximum absolute atomic E-state index is 6.52. The monoisotopic (exact) mass is 719 g/mol. The molecule has 266 valence electrons. The summed E-state index contributed by atoms with van der Waals surface area (Å²) in [7, 11) is 0. The van der Waals surface area contributed by atoms with Gasteiger partial charge in [-0.05, 0) is 65.2 Å². The van der Waals surface area contributed by atoms with E-state index in [-0.39, 0.29) is 0 Å². The number of fused-ring (bicyclic) bond motifs is 8. The lowest BCUT2D eigenvalue weighted by atomic mass is 9.94. The van der Waals surface area contributed by atoms with E-state index in [0.717, 1.165) is 50.5 Å². The van der Waals surface area contributed by atoms with Gasteiger partial charge in [-0.15, -0.1) is 0 Å². The van der Waals surface area contributed by atoms with Gasteiger partial charge < -0.3 is 15.2 Å². The Morgan fingerprint density at radius 3 is 1.82 bits per heavy atom. The first-order valence-corrected chi connectivity index (χ1v) is 18.9. The molecule has 2 heterocycles. The second-order valence-electron chi connectivity index (χ2n) is 14.0. The Hall–Kier alpha value is -7.50. The third-order valence-corrected chi connectivity index (χ3v) is 10.6. The van der Waals surface area contributed by atoms with E-state index < -0.39 is 0 Å². The predicted octanol–water partition coefficient (Wildman–Crippen LogP) is 12.3. The Bertz CT molecular complexity index is 2940. The number of nitrogens with zero attached hydrogens (tertiary/aromatic N) is 4. The van der Waals surface area contributed by atoms with Crippen LogP contribution in [0.3, 0.4) is 0 Å². The molecular weight excluding hydrogens is 683 g/mol. The van der Waals surface area contributed by atoms with Gasteiger partial charge in [0.05, 0.1) is 29.0 Å². The molecule has 56 heavy (non-hydrogen) atoms. The summed E-state index contributed by atoms with van der Waals surface area (Å²) in [6.45, 7) is 0.436. The van der Waals surface area contributed by atoms with Gasteiger partial charge in [0, 0.05) is 44.4 Å². The Morgan fingerprint density at radius 2 is 1.05 bits per heavy atom. The highest BCUT2D eigenvalue weighted by Crippen LogP contribution is 2.52. The summed E-state index contributed by atoms with van der Waals surface area (Å²) < 4.78 is 2.40. The number of rotatable bonds is 6. The van der Waals surface area contributed by atoms with Crippen LogP contribution >= 0.6 is 0 Å². The first-order valence-electron chi connectivity index (χ1n) is 18.9. The number of hydrogen-bond donors (Lipinski definition) is 1. The lowest BCUT2D eigenvalue weighted by Gasteiger charge is -2.27. The van der Waals surface area contributed by atoms with Crippen LogP contribution in [-0.4, -0.2) is 16.2 Å². The fraction of sp³-hybridized carbons (Fsp3) is 0.0196. The zero-order valence-electron chi connectivity index (χ0n) is 30.6. The van der Waals surface area contributed by atoms with Gasteiger partial charge in [0.15, 0.2) is 5.84 Å². The van der Waals surface area contributed by atoms with E-state index >= 15 is 0 Å². The van der Waals surface area contributed by atoms with E-state index in [0.29, 0.717) is 18.2 Å². The molecule has 0 radical (unpaired) electrons. The van der Waals surface area contributed by atoms with Crippen molar-refractivity contribution >= 4 is 50.5 Å². The van der Waals surface area contributed by atoms with Crippen LogP contribution < -0.4 is 10.6 Å². The van der Waals surface area contributed by atoms with Crippen molar-refractivity contribution in [2.75, 3.05) is 4.90 Å². The average Bonchev–Trinajstić information content (AvgIpc) is 3.53. The number of para-hydroxylation sites is 3. The highest BCUT2D eigenvalue weighted by Gasteiger charge is 2.27. The van der Waals surface area contributed by atoms with Crippen LogP contribution in [0.5, 0.6) is 0 Å². The third kappa shape index (κ3) is 5.83. The molecule has 2 N–H and O–H groups in total. The molecule has 0 amide bonds. The first-order chi connectivity index (χ1) is 27.7. The van der Waals surface area contributed by atoms with Crippen LogP contribution in [0.2, 0.25) is 0 Å². The molecule has 0 spiro atoms. The van der Waals surface area contributed by atoms with Crippen molar-refractivity contribution in [3.05, 3.63) is 217 Å². The van der Waals surface area contributed by atoms with Crippen LogP contribution in [0.15, 0.2) is 210 Å². The predicted molar refractivity (Wildman–Crippen MR) is 234 cm³/mol. The number of anilines is 3. The standard InChI is InChI=1S/C51H37N5/c52-50(36-18-4-1-5-19-36)54-51(37-20-6-2-7-21-37)53-34-35-17-16-24-39(31-35)56-47-30-15-13-28-43(47)45-32-44-41-26-11-10-25-40(41)42-27-12-14-29-46(42)55(48(44)33-49(45)56)38-22-8-3-9-23-38/h1-33H,34H2,(H2,52,53,54). The molecule has 8 aromatic carbocycles. The molecule has 5 nitrogen and oxygen atoms in total. The molecular formula is C51H37N5. The van der Waals surface area contributed by atoms with E-state index in [1.165, 1.54) is 33.0 Å². The summed E-state index contributed by atoms with van der Waals surface area (Å²) in [4.78, 5) is 12.3. The van der Waals surface area contributed by atoms with Gasteiger partial charge in [-0.2, -0.15) is 0 Å². The summed E-state index contributed by atoms with van der Waals surface area (Å²) in [5.74, 6) is 1.03. The van der Waals surface area contributed by atoms with Gasteiger partial charge in [-0.3, -0.25) is 4.99 Å². The van der Waals surface area contributed by atoms with Gasteiger partial charge in [-0.1, -0.05) is 152 Å². The molecule has 1 aliphatic rings. The van der Waals surface area contributed by atoms with E-state index in [1.54, 1.807) is 0 Å². The molecule has 5 heteroatoms. The topological polar surface area (TPSA) is 58.9 Å². The number of hydrogen-bond acceptors (Lipinski definition) is 2. The van der Waals surface area contributed by atoms with Crippen molar-refractivity contribution in [2.24, 2.45) is 15.7 Å². The smallest absolute Gasteiger partial charge is 0.157 e. The molecule has 10 rings (SSSR count). The van der Waals surface area contributed by atoms with Gasteiger partial charge in [0.2, 0.25) is 0 Å². The zero-order valence-corrected chi connectivity index (χ0v) is 30.6. The fourth-order valence-corrected chi connectivity index (χ4v) is 8.04. The minimum absolute atomic E-state index is 0.432. The summed E-state index contributed by atoms with van der Waals surface area (Å²) in [6.07, 6.45) is 0. The third-order valence-electron chi connectivity index (χ3n) is 10.6. The minimum Gasteiger partial charge on any atom is -0.383 e. The summed E-state index contributed by atoms with van der Waals surface area (Å²) in [6, 6.07) is 70.3. The quantitative estimate of drug-likeness (QED) is 0.137. The molecule has 0 unspecified atom stereocenters. The van der Waals surface area contributed by atoms with Crippen LogP contribution in [0.1, 0.15) is 16.7 Å². The number of aliphatic imine (C=N–C) groups is 2. The Labute approximate surface area is 326 Å². The summed E-state index contributed by atoms with van der Waals surface area (Å²) in [5, 5.41) is 2.41. The van der Waals surface area contributed by atoms with Crippen molar-refractivity contribution in [2.45, 2.75) is 6.54 Å². The molecule has 0 saturated heterocycles. The van der Waals surface area contributed by atoms with E-state index in [9.17, 15) is 0 Å². The van der Waals surface area contributed by atoms with E-state index in [1.807, 2.05) is 60.7 Å². The fourth-order valence-electron chi connectivity index (χ4n) is 8.04. The lowest BCUT2D eigenvalue weighted by Crippen LogP contribution is -2.16. The van der Waals surface area contributed by atoms with Crippen LogP contribution in [0, 0.1) is 0 Å². The average molecular weight is 720 g/mol. The van der Waals surface area contributed by atoms with Crippen molar-refractivity contribution in [3.63, 3.8) is 0 Å². The molecule has 0 bridgehead atoms. The maximum atomic E-state index is 6.52. The maximum Gasteiger partial charge on any atom is 0.157 e. The van der Waals surface area contributed by atoms with E-state index in [2.05, 4.69) is 149 Å². The Morgan fingerprint density at radius 1 is 0.446 bits per heavy atom. The van der Waals surface area contributed by atoms with E-state index in [4.69, 9.17) is 15.7 Å². The van der Waals surface area contributed by atoms with Gasteiger partial charge in [0.25, 0.3) is 0 Å². The SMILES string of the molecule is NC(=NC(=NCc1cccc(-n2c3ccccc3c3cc4c(cc32)N(c2ccccc2)c2ccccc2-c2ccccc2-4)c1)c1ccccc1)c1ccccc1. The molecule has 0 saturated carbocycles. The van der Waals surface area contributed by atoms with Crippen molar-refractivity contribution < 1.29 is 0 Å². The minimum atomic E-state index is 0.432. The Balaban J connectivity index is 1.15. The van der Waals surface area contributed by atoms with Crippen molar-refractivity contribution in [1.29, 1.82) is 0 Å². The number of aromatic nitrogens is 1. The molecule has 1 aliphatic heterocycles. The second kappa shape index (κ2) is 14.0. The van der Waals surface area contributed by atoms with Crippen LogP contribution in [-0.2, 0) is 6.54 Å². The molecule has 1 aromatic heterocycles. The number of nitrogens with two attached hydrogens (primary N) is 1. The lowest BCUT2D eigenvalue weighted by molar-refractivity contribution is 1.05. The van der Waals surface area contributed by atoms with Crippen molar-refractivity contribution in [3.8, 4) is 27.9 Å². The summed E-state index contributed by atoms with van der Waals surface area (Å²) >= 11 is 0. The molecule has 0 fully saturated rings. The van der Waals surface area contributed by atoms with Crippen molar-refractivity contribution in [1.82, 2.24) is 4.57 Å². The van der Waals surface area contributed by atoms with Crippen LogP contribution in [0.25, 0.3) is 49.7 Å². The molecule has 9 aromatic rings. The highest BCUT2D eigenvalue weighted by atomic mass is 15.2. The zero-order chi connectivity index (χ0) is 37.4. The van der Waals surface area contributed by atoms with Crippen LogP contribution in [0.4, 0.5) is 17.1 Å².